The van der Waals surface area contributed by atoms with Crippen molar-refractivity contribution < 1.29 is 19.0 Å². The lowest BCUT2D eigenvalue weighted by Gasteiger charge is -2.29. The third-order valence-electron chi connectivity index (χ3n) is 2.91. The first kappa shape index (κ1) is 17.4. The predicted molar refractivity (Wildman–Crippen MR) is 70.7 cm³/mol. The van der Waals surface area contributed by atoms with Gasteiger partial charge in [-0.25, -0.2) is 0 Å². The molecule has 0 saturated heterocycles. The van der Waals surface area contributed by atoms with Crippen LogP contribution in [0.1, 0.15) is 26.2 Å². The van der Waals surface area contributed by atoms with Crippen molar-refractivity contribution in [3.63, 3.8) is 0 Å². The molecule has 0 aliphatic carbocycles. The molecule has 1 unspecified atom stereocenters. The largest absolute Gasteiger partial charge is 0.468 e. The average Bonchev–Trinajstić information content (AvgIpc) is 2.40. The van der Waals surface area contributed by atoms with Crippen molar-refractivity contribution in [1.82, 2.24) is 4.90 Å². The Balaban J connectivity index is 4.52. The van der Waals surface area contributed by atoms with Crippen LogP contribution in [0.2, 0.25) is 0 Å². The molecule has 18 heavy (non-hydrogen) atoms. The summed E-state index contributed by atoms with van der Waals surface area (Å²) in [6.45, 7) is 4.74. The molecule has 0 heterocycles. The van der Waals surface area contributed by atoms with Gasteiger partial charge >= 0.3 is 5.97 Å². The molecular formula is C13H27NO4. The number of unbranched alkanes of at least 4 members (excludes halogenated alkanes) is 1. The van der Waals surface area contributed by atoms with Crippen LogP contribution in [-0.4, -0.2) is 64.5 Å². The Morgan fingerprint density at radius 2 is 1.67 bits per heavy atom. The summed E-state index contributed by atoms with van der Waals surface area (Å²) in [5, 5.41) is 0. The quantitative estimate of drug-likeness (QED) is 0.525. The fraction of sp³-hybridized carbons (Fsp3) is 0.923. The Kier molecular flexibility index (Phi) is 11.0. The first-order chi connectivity index (χ1) is 8.71. The van der Waals surface area contributed by atoms with Crippen LogP contribution in [0.4, 0.5) is 0 Å². The molecule has 0 aliphatic heterocycles. The lowest BCUT2D eigenvalue weighted by Crippen LogP contribution is -2.45. The fourth-order valence-electron chi connectivity index (χ4n) is 1.82. The Hall–Kier alpha value is -0.650. The first-order valence-electron chi connectivity index (χ1n) is 6.51. The van der Waals surface area contributed by atoms with E-state index in [1.54, 1.807) is 14.2 Å². The maximum absolute atomic E-state index is 11.8. The highest BCUT2D eigenvalue weighted by Crippen LogP contribution is 2.10. The molecule has 0 radical (unpaired) electrons. The summed E-state index contributed by atoms with van der Waals surface area (Å²) in [6.07, 6.45) is 2.89. The summed E-state index contributed by atoms with van der Waals surface area (Å²) in [6, 6.07) is -0.194. The van der Waals surface area contributed by atoms with Gasteiger partial charge in [0.2, 0.25) is 0 Å². The van der Waals surface area contributed by atoms with Crippen molar-refractivity contribution in [2.24, 2.45) is 0 Å². The van der Waals surface area contributed by atoms with Gasteiger partial charge in [0.05, 0.1) is 20.3 Å². The normalized spacial score (nSPS) is 12.7. The number of nitrogens with zero attached hydrogens (tertiary/aromatic N) is 1. The number of carbonyl (C=O) groups excluding carboxylic acids is 1. The van der Waals surface area contributed by atoms with Crippen LogP contribution >= 0.6 is 0 Å². The number of rotatable bonds is 11. The third-order valence-corrected chi connectivity index (χ3v) is 2.91. The zero-order valence-corrected chi connectivity index (χ0v) is 12.1. The zero-order valence-electron chi connectivity index (χ0n) is 12.1. The van der Waals surface area contributed by atoms with E-state index in [9.17, 15) is 4.79 Å². The molecule has 0 rings (SSSR count). The number of methoxy groups -OCH3 is 3. The van der Waals surface area contributed by atoms with E-state index in [1.807, 2.05) is 0 Å². The first-order valence-corrected chi connectivity index (χ1v) is 6.51. The Morgan fingerprint density at radius 3 is 2.06 bits per heavy atom. The Bertz CT molecular complexity index is 203. The van der Waals surface area contributed by atoms with Gasteiger partial charge < -0.3 is 14.2 Å². The second-order valence-corrected chi connectivity index (χ2v) is 4.20. The second kappa shape index (κ2) is 11.4. The topological polar surface area (TPSA) is 48.0 Å². The van der Waals surface area contributed by atoms with Crippen molar-refractivity contribution in [1.29, 1.82) is 0 Å². The third kappa shape index (κ3) is 6.93. The molecule has 0 saturated carbocycles. The lowest BCUT2D eigenvalue weighted by molar-refractivity contribution is -0.147. The van der Waals surface area contributed by atoms with Crippen molar-refractivity contribution in [3.8, 4) is 0 Å². The molecule has 1 atom stereocenters. The number of esters is 1. The van der Waals surface area contributed by atoms with Crippen LogP contribution in [0.15, 0.2) is 0 Å². The minimum Gasteiger partial charge on any atom is -0.468 e. The Morgan fingerprint density at radius 1 is 1.11 bits per heavy atom. The van der Waals surface area contributed by atoms with Crippen LogP contribution in [0.25, 0.3) is 0 Å². The molecule has 0 aromatic heterocycles. The molecule has 5 nitrogen and oxygen atoms in total. The van der Waals surface area contributed by atoms with Crippen molar-refractivity contribution in [3.05, 3.63) is 0 Å². The summed E-state index contributed by atoms with van der Waals surface area (Å²) in [5.74, 6) is -0.171. The van der Waals surface area contributed by atoms with Gasteiger partial charge in [0, 0.05) is 27.3 Å². The molecule has 0 bridgehead atoms. The van der Waals surface area contributed by atoms with Gasteiger partial charge in [-0.3, -0.25) is 9.69 Å². The fourth-order valence-corrected chi connectivity index (χ4v) is 1.82. The SMILES string of the molecule is CCCCC(C(=O)OC)N(CCOC)CCOC. The van der Waals surface area contributed by atoms with Gasteiger partial charge in [0.25, 0.3) is 0 Å². The van der Waals surface area contributed by atoms with Gasteiger partial charge in [-0.1, -0.05) is 19.8 Å². The monoisotopic (exact) mass is 261 g/mol. The maximum atomic E-state index is 11.8. The maximum Gasteiger partial charge on any atom is 0.323 e. The van der Waals surface area contributed by atoms with Crippen molar-refractivity contribution in [2.45, 2.75) is 32.2 Å². The number of hydrogen-bond acceptors (Lipinski definition) is 5. The molecule has 108 valence electrons. The van der Waals surface area contributed by atoms with E-state index in [4.69, 9.17) is 14.2 Å². The number of carbonyl (C=O) groups is 1. The van der Waals surface area contributed by atoms with Gasteiger partial charge in [0.1, 0.15) is 6.04 Å². The van der Waals surface area contributed by atoms with E-state index in [0.29, 0.717) is 26.3 Å². The van der Waals surface area contributed by atoms with E-state index in [0.717, 1.165) is 19.3 Å². The highest BCUT2D eigenvalue weighted by atomic mass is 16.5. The molecule has 0 spiro atoms. The van der Waals surface area contributed by atoms with Crippen LogP contribution < -0.4 is 0 Å². The van der Waals surface area contributed by atoms with Gasteiger partial charge in [-0.05, 0) is 6.42 Å². The molecule has 0 N–H and O–H groups in total. The number of ether oxygens (including phenoxy) is 3. The summed E-state index contributed by atoms with van der Waals surface area (Å²) >= 11 is 0. The van der Waals surface area contributed by atoms with Crippen LogP contribution in [-0.2, 0) is 19.0 Å². The summed E-state index contributed by atoms with van der Waals surface area (Å²) in [7, 11) is 4.76. The second-order valence-electron chi connectivity index (χ2n) is 4.20. The average molecular weight is 261 g/mol. The van der Waals surface area contributed by atoms with E-state index in [-0.39, 0.29) is 12.0 Å². The smallest absolute Gasteiger partial charge is 0.323 e. The van der Waals surface area contributed by atoms with Crippen LogP contribution in [0, 0.1) is 0 Å². The van der Waals surface area contributed by atoms with Gasteiger partial charge in [-0.2, -0.15) is 0 Å². The molecular weight excluding hydrogens is 234 g/mol. The zero-order chi connectivity index (χ0) is 13.8. The molecule has 0 aromatic carbocycles. The van der Waals surface area contributed by atoms with Gasteiger partial charge in [0.15, 0.2) is 0 Å². The van der Waals surface area contributed by atoms with Crippen LogP contribution in [0.5, 0.6) is 0 Å². The summed E-state index contributed by atoms with van der Waals surface area (Å²) in [4.78, 5) is 13.9. The van der Waals surface area contributed by atoms with Gasteiger partial charge in [-0.15, -0.1) is 0 Å². The minimum atomic E-state index is -0.194. The molecule has 5 heteroatoms. The molecule has 0 amide bonds. The van der Waals surface area contributed by atoms with Crippen LogP contribution in [0.3, 0.4) is 0 Å². The highest BCUT2D eigenvalue weighted by Gasteiger charge is 2.25. The van der Waals surface area contributed by atoms with Crippen molar-refractivity contribution in [2.75, 3.05) is 47.6 Å². The van der Waals surface area contributed by atoms with E-state index in [2.05, 4.69) is 11.8 Å². The molecule has 0 aliphatic rings. The van der Waals surface area contributed by atoms with E-state index >= 15 is 0 Å². The Labute approximate surface area is 110 Å². The van der Waals surface area contributed by atoms with Crippen molar-refractivity contribution >= 4 is 5.97 Å². The molecule has 0 aromatic rings. The number of hydrogen-bond donors (Lipinski definition) is 0. The summed E-state index contributed by atoms with van der Waals surface area (Å²) < 4.78 is 15.1. The van der Waals surface area contributed by atoms with E-state index < -0.39 is 0 Å². The minimum absolute atomic E-state index is 0.171. The molecule has 0 fully saturated rings. The van der Waals surface area contributed by atoms with E-state index in [1.165, 1.54) is 7.11 Å². The predicted octanol–water partition coefficient (Wildman–Crippen LogP) is 1.31. The standard InChI is InChI=1S/C13H27NO4/c1-5-6-7-12(13(15)18-4)14(8-10-16-2)9-11-17-3/h12H,5-11H2,1-4H3. The highest BCUT2D eigenvalue weighted by molar-refractivity contribution is 5.75. The lowest BCUT2D eigenvalue weighted by atomic mass is 10.1. The summed E-state index contributed by atoms with van der Waals surface area (Å²) in [5.41, 5.74) is 0.